The Labute approximate surface area is 119 Å². The number of hydrogen-bond acceptors (Lipinski definition) is 4. The molecule has 1 aromatic carbocycles. The number of aromatic nitrogens is 3. The second-order valence-electron chi connectivity index (χ2n) is 4.40. The van der Waals surface area contributed by atoms with Crippen LogP contribution in [0.15, 0.2) is 42.6 Å². The van der Waals surface area contributed by atoms with Crippen LogP contribution < -0.4 is 0 Å². The van der Waals surface area contributed by atoms with E-state index in [-0.39, 0.29) is 12.0 Å². The van der Waals surface area contributed by atoms with Crippen LogP contribution in [0.1, 0.15) is 16.2 Å². The molecule has 0 atom stereocenters. The van der Waals surface area contributed by atoms with Gasteiger partial charge in [-0.3, -0.25) is 4.57 Å². The number of carbonyl (C=O) groups is 1. The molecule has 2 heterocycles. The van der Waals surface area contributed by atoms with Gasteiger partial charge in [0.2, 0.25) is 0 Å². The van der Waals surface area contributed by atoms with Gasteiger partial charge >= 0.3 is 5.97 Å². The van der Waals surface area contributed by atoms with Crippen molar-refractivity contribution in [2.45, 2.75) is 6.42 Å². The van der Waals surface area contributed by atoms with Crippen LogP contribution in [-0.4, -0.2) is 25.6 Å². The highest BCUT2D eigenvalue weighted by atomic mass is 16.4. The number of rotatable bonds is 3. The summed E-state index contributed by atoms with van der Waals surface area (Å²) < 4.78 is 1.77. The third kappa shape index (κ3) is 2.21. The van der Waals surface area contributed by atoms with Crippen LogP contribution in [0.3, 0.4) is 0 Å². The van der Waals surface area contributed by atoms with Gasteiger partial charge in [-0.25, -0.2) is 14.8 Å². The summed E-state index contributed by atoms with van der Waals surface area (Å²) in [6.07, 6.45) is 1.44. The molecule has 0 bridgehead atoms. The number of imidazole rings is 1. The molecule has 1 N–H and O–H groups in total. The Bertz CT molecular complexity index is 860. The molecule has 6 heteroatoms. The van der Waals surface area contributed by atoms with Crippen LogP contribution in [0.25, 0.3) is 16.9 Å². The second kappa shape index (κ2) is 5.06. The quantitative estimate of drug-likeness (QED) is 0.792. The molecule has 0 saturated carbocycles. The molecule has 0 radical (unpaired) electrons. The normalized spacial score (nSPS) is 10.4. The molecule has 0 amide bonds. The van der Waals surface area contributed by atoms with E-state index in [0.29, 0.717) is 11.6 Å². The topological polar surface area (TPSA) is 91.8 Å². The molecule has 102 valence electrons. The molecule has 0 aliphatic carbocycles. The zero-order valence-electron chi connectivity index (χ0n) is 10.9. The number of nitriles is 1. The molecule has 0 aliphatic heterocycles. The van der Waals surface area contributed by atoms with Crippen LogP contribution in [0.2, 0.25) is 0 Å². The summed E-state index contributed by atoms with van der Waals surface area (Å²) >= 11 is 0. The number of pyridine rings is 1. The highest BCUT2D eigenvalue weighted by Crippen LogP contribution is 2.20. The van der Waals surface area contributed by atoms with E-state index in [2.05, 4.69) is 16.0 Å². The van der Waals surface area contributed by atoms with Crippen molar-refractivity contribution < 1.29 is 9.90 Å². The summed E-state index contributed by atoms with van der Waals surface area (Å²) in [5.41, 5.74) is 1.72. The fraction of sp³-hybridized carbons (Fsp3) is 0.0667. The number of fused-ring (bicyclic) bond motifs is 1. The molecular formula is C15H10N4O2. The maximum Gasteiger partial charge on any atom is 0.337 e. The van der Waals surface area contributed by atoms with Gasteiger partial charge < -0.3 is 5.11 Å². The van der Waals surface area contributed by atoms with E-state index in [1.807, 2.05) is 24.3 Å². The van der Waals surface area contributed by atoms with Crippen LogP contribution in [0, 0.1) is 11.3 Å². The van der Waals surface area contributed by atoms with Crippen molar-refractivity contribution in [1.29, 1.82) is 5.26 Å². The Morgan fingerprint density at radius 3 is 2.76 bits per heavy atom. The number of hydrogen-bond donors (Lipinski definition) is 1. The Hall–Kier alpha value is -3.20. The van der Waals surface area contributed by atoms with E-state index in [1.165, 1.54) is 12.3 Å². The van der Waals surface area contributed by atoms with E-state index in [9.17, 15) is 4.79 Å². The van der Waals surface area contributed by atoms with Gasteiger partial charge in [-0.05, 0) is 24.3 Å². The third-order valence-corrected chi connectivity index (χ3v) is 3.09. The highest BCUT2D eigenvalue weighted by molar-refractivity contribution is 5.87. The molecule has 0 aliphatic rings. The van der Waals surface area contributed by atoms with Crippen molar-refractivity contribution in [1.82, 2.24) is 14.5 Å². The average molecular weight is 278 g/mol. The first-order valence-corrected chi connectivity index (χ1v) is 6.23. The highest BCUT2D eigenvalue weighted by Gasteiger charge is 2.13. The van der Waals surface area contributed by atoms with Crippen LogP contribution >= 0.6 is 0 Å². The summed E-state index contributed by atoms with van der Waals surface area (Å²) in [6, 6.07) is 12.7. The first kappa shape index (κ1) is 12.8. The standard InChI is InChI=1S/C15H10N4O2/c16-8-7-14-18-11-3-1-2-4-12(11)19(14)13-6-5-10(9-17-13)15(20)21/h1-6,9H,7H2,(H,20,21). The van der Waals surface area contributed by atoms with Gasteiger partial charge in [0.25, 0.3) is 0 Å². The summed E-state index contributed by atoms with van der Waals surface area (Å²) in [6.45, 7) is 0. The van der Waals surface area contributed by atoms with E-state index in [1.54, 1.807) is 10.6 Å². The van der Waals surface area contributed by atoms with Gasteiger partial charge in [0.05, 0.1) is 29.1 Å². The van der Waals surface area contributed by atoms with Crippen molar-refractivity contribution in [3.8, 4) is 11.9 Å². The van der Waals surface area contributed by atoms with Crippen LogP contribution in [0.5, 0.6) is 0 Å². The molecule has 0 unspecified atom stereocenters. The Balaban J connectivity index is 2.20. The van der Waals surface area contributed by atoms with Crippen LogP contribution in [0.4, 0.5) is 0 Å². The lowest BCUT2D eigenvalue weighted by atomic mass is 10.3. The lowest BCUT2D eigenvalue weighted by Gasteiger charge is -2.06. The second-order valence-corrected chi connectivity index (χ2v) is 4.40. The fourth-order valence-corrected chi connectivity index (χ4v) is 2.17. The number of nitrogens with zero attached hydrogens (tertiary/aromatic N) is 4. The molecule has 3 aromatic rings. The maximum atomic E-state index is 10.9. The van der Waals surface area contributed by atoms with Crippen molar-refractivity contribution in [2.75, 3.05) is 0 Å². The number of para-hydroxylation sites is 2. The Morgan fingerprint density at radius 2 is 2.10 bits per heavy atom. The Kier molecular flexibility index (Phi) is 3.09. The monoisotopic (exact) mass is 278 g/mol. The first-order valence-electron chi connectivity index (χ1n) is 6.23. The third-order valence-electron chi connectivity index (χ3n) is 3.09. The zero-order chi connectivity index (χ0) is 14.8. The molecule has 6 nitrogen and oxygen atoms in total. The van der Waals surface area contributed by atoms with E-state index in [4.69, 9.17) is 10.4 Å². The summed E-state index contributed by atoms with van der Waals surface area (Å²) in [7, 11) is 0. The van der Waals surface area contributed by atoms with Gasteiger partial charge in [0.1, 0.15) is 11.6 Å². The number of carboxylic acid groups (broad SMARTS) is 1. The minimum atomic E-state index is -1.03. The van der Waals surface area contributed by atoms with Crippen molar-refractivity contribution >= 4 is 17.0 Å². The van der Waals surface area contributed by atoms with Crippen molar-refractivity contribution in [3.63, 3.8) is 0 Å². The molecule has 0 spiro atoms. The largest absolute Gasteiger partial charge is 0.478 e. The van der Waals surface area contributed by atoms with E-state index >= 15 is 0 Å². The number of carboxylic acids is 1. The predicted molar refractivity (Wildman–Crippen MR) is 75.1 cm³/mol. The molecule has 0 saturated heterocycles. The van der Waals surface area contributed by atoms with E-state index in [0.717, 1.165) is 11.0 Å². The van der Waals surface area contributed by atoms with Gasteiger partial charge in [0.15, 0.2) is 0 Å². The molecular weight excluding hydrogens is 268 g/mol. The SMILES string of the molecule is N#CCc1nc2ccccc2n1-c1ccc(C(=O)O)cn1. The minimum Gasteiger partial charge on any atom is -0.478 e. The van der Waals surface area contributed by atoms with Gasteiger partial charge in [0, 0.05) is 6.20 Å². The lowest BCUT2D eigenvalue weighted by Crippen LogP contribution is -2.04. The van der Waals surface area contributed by atoms with E-state index < -0.39 is 5.97 Å². The van der Waals surface area contributed by atoms with Crippen LogP contribution in [-0.2, 0) is 6.42 Å². The summed E-state index contributed by atoms with van der Waals surface area (Å²) in [4.78, 5) is 19.5. The smallest absolute Gasteiger partial charge is 0.337 e. The first-order chi connectivity index (χ1) is 10.2. The molecule has 0 fully saturated rings. The van der Waals surface area contributed by atoms with Gasteiger partial charge in [-0.1, -0.05) is 12.1 Å². The molecule has 3 rings (SSSR count). The molecule has 2 aromatic heterocycles. The average Bonchev–Trinajstić information content (AvgIpc) is 2.85. The summed E-state index contributed by atoms with van der Waals surface area (Å²) in [5, 5.41) is 17.8. The molecule has 21 heavy (non-hydrogen) atoms. The van der Waals surface area contributed by atoms with Gasteiger partial charge in [-0.2, -0.15) is 5.26 Å². The number of benzene rings is 1. The minimum absolute atomic E-state index is 0.116. The maximum absolute atomic E-state index is 10.9. The van der Waals surface area contributed by atoms with Gasteiger partial charge in [-0.15, -0.1) is 0 Å². The van der Waals surface area contributed by atoms with Crippen molar-refractivity contribution in [3.05, 3.63) is 54.0 Å². The Morgan fingerprint density at radius 1 is 1.29 bits per heavy atom. The zero-order valence-corrected chi connectivity index (χ0v) is 10.9. The van der Waals surface area contributed by atoms with Crippen molar-refractivity contribution in [2.24, 2.45) is 0 Å². The number of aromatic carboxylic acids is 1. The fourth-order valence-electron chi connectivity index (χ4n) is 2.17. The lowest BCUT2D eigenvalue weighted by molar-refractivity contribution is 0.0696. The summed E-state index contributed by atoms with van der Waals surface area (Å²) in [5.74, 6) is 0.0926. The predicted octanol–water partition coefficient (Wildman–Crippen LogP) is 2.18.